The number of rotatable bonds is 9. The van der Waals surface area contributed by atoms with Gasteiger partial charge in [-0.3, -0.25) is 0 Å². The van der Waals surface area contributed by atoms with Gasteiger partial charge in [0.05, 0.1) is 5.56 Å². The summed E-state index contributed by atoms with van der Waals surface area (Å²) in [5.41, 5.74) is -0.0220. The second kappa shape index (κ2) is 10.5. The Labute approximate surface area is 168 Å². The molecule has 1 aromatic carbocycles. The number of amides is 1. The first kappa shape index (κ1) is 23.3. The van der Waals surface area contributed by atoms with Gasteiger partial charge in [-0.2, -0.15) is 0 Å². The Kier molecular flexibility index (Phi) is 9.10. The van der Waals surface area contributed by atoms with Crippen molar-refractivity contribution in [1.82, 2.24) is 4.90 Å². The molecule has 0 heterocycles. The van der Waals surface area contributed by atoms with Gasteiger partial charge in [0.1, 0.15) is 13.2 Å². The monoisotopic (exact) mass is 397 g/mol. The van der Waals surface area contributed by atoms with E-state index in [0.717, 1.165) is 0 Å². The van der Waals surface area contributed by atoms with Crippen LogP contribution < -0.4 is 0 Å². The SMILES string of the molecule is CCN(CC)C(=O)OCC(COC(=O)c1ccc(Cl)cc1)(C(C)C)C(C)C. The number of hydrogen-bond acceptors (Lipinski definition) is 4. The molecule has 0 spiro atoms. The number of carbonyl (C=O) groups is 2. The first-order chi connectivity index (χ1) is 12.7. The summed E-state index contributed by atoms with van der Waals surface area (Å²) in [4.78, 5) is 26.3. The molecule has 0 saturated heterocycles. The van der Waals surface area contributed by atoms with Gasteiger partial charge in [-0.05, 0) is 49.9 Å². The van der Waals surface area contributed by atoms with E-state index < -0.39 is 11.4 Å². The minimum Gasteiger partial charge on any atom is -0.461 e. The molecule has 0 bridgehead atoms. The van der Waals surface area contributed by atoms with Crippen molar-refractivity contribution >= 4 is 23.7 Å². The van der Waals surface area contributed by atoms with E-state index in [4.69, 9.17) is 21.1 Å². The van der Waals surface area contributed by atoms with Crippen LogP contribution in [0.4, 0.5) is 4.79 Å². The van der Waals surface area contributed by atoms with Crippen molar-refractivity contribution in [1.29, 1.82) is 0 Å². The van der Waals surface area contributed by atoms with E-state index in [0.29, 0.717) is 23.7 Å². The molecule has 0 aliphatic rings. The fraction of sp³-hybridized carbons (Fsp3) is 0.619. The van der Waals surface area contributed by atoms with E-state index in [2.05, 4.69) is 27.7 Å². The molecular formula is C21H32ClNO4. The zero-order chi connectivity index (χ0) is 20.6. The lowest BCUT2D eigenvalue weighted by Gasteiger charge is -2.40. The number of benzene rings is 1. The van der Waals surface area contributed by atoms with Gasteiger partial charge >= 0.3 is 12.1 Å². The number of hydrogen-bond donors (Lipinski definition) is 0. The van der Waals surface area contributed by atoms with Crippen molar-refractivity contribution < 1.29 is 19.1 Å². The Morgan fingerprint density at radius 2 is 1.44 bits per heavy atom. The molecule has 0 aromatic heterocycles. The molecule has 0 unspecified atom stereocenters. The van der Waals surface area contributed by atoms with Crippen LogP contribution >= 0.6 is 11.6 Å². The van der Waals surface area contributed by atoms with E-state index in [1.54, 1.807) is 29.2 Å². The van der Waals surface area contributed by atoms with E-state index in [-0.39, 0.29) is 31.1 Å². The molecule has 1 amide bonds. The Hall–Kier alpha value is -1.75. The number of halogens is 1. The number of ether oxygens (including phenoxy) is 2. The van der Waals surface area contributed by atoms with Crippen molar-refractivity contribution in [3.05, 3.63) is 34.9 Å². The minimum absolute atomic E-state index is 0.153. The highest BCUT2D eigenvalue weighted by atomic mass is 35.5. The van der Waals surface area contributed by atoms with Gasteiger partial charge in [0, 0.05) is 23.5 Å². The molecule has 0 atom stereocenters. The summed E-state index contributed by atoms with van der Waals surface area (Å²) in [6.07, 6.45) is -0.338. The minimum atomic E-state index is -0.467. The summed E-state index contributed by atoms with van der Waals surface area (Å²) in [6.45, 7) is 13.6. The maximum Gasteiger partial charge on any atom is 0.409 e. The summed E-state index contributed by atoms with van der Waals surface area (Å²) in [6, 6.07) is 6.58. The molecule has 0 aliphatic carbocycles. The van der Waals surface area contributed by atoms with E-state index in [1.165, 1.54) is 0 Å². The predicted molar refractivity (Wildman–Crippen MR) is 108 cm³/mol. The first-order valence-corrected chi connectivity index (χ1v) is 9.90. The average molecular weight is 398 g/mol. The summed E-state index contributed by atoms with van der Waals surface area (Å²) in [5, 5.41) is 0.563. The van der Waals surface area contributed by atoms with Crippen LogP contribution in [0.2, 0.25) is 5.02 Å². The zero-order valence-electron chi connectivity index (χ0n) is 17.3. The van der Waals surface area contributed by atoms with Gasteiger partial charge < -0.3 is 14.4 Å². The van der Waals surface area contributed by atoms with Crippen LogP contribution in [-0.4, -0.2) is 43.3 Å². The normalized spacial score (nSPS) is 11.6. The van der Waals surface area contributed by atoms with Gasteiger partial charge in [-0.25, -0.2) is 9.59 Å². The highest BCUT2D eigenvalue weighted by Crippen LogP contribution is 2.37. The molecule has 1 rings (SSSR count). The summed E-state index contributed by atoms with van der Waals surface area (Å²) in [5.74, 6) is -0.104. The fourth-order valence-electron chi connectivity index (χ4n) is 3.01. The Bertz CT molecular complexity index is 601. The number of nitrogens with zero attached hydrogens (tertiary/aromatic N) is 1. The van der Waals surface area contributed by atoms with Gasteiger partial charge in [0.15, 0.2) is 0 Å². The van der Waals surface area contributed by atoms with Gasteiger partial charge in [0.25, 0.3) is 0 Å². The Morgan fingerprint density at radius 3 is 1.89 bits per heavy atom. The quantitative estimate of drug-likeness (QED) is 0.532. The van der Waals surface area contributed by atoms with E-state index >= 15 is 0 Å². The molecule has 152 valence electrons. The summed E-state index contributed by atoms with van der Waals surface area (Å²) < 4.78 is 11.2. The number of esters is 1. The van der Waals surface area contributed by atoms with Crippen molar-refractivity contribution in [2.75, 3.05) is 26.3 Å². The maximum atomic E-state index is 12.4. The van der Waals surface area contributed by atoms with Crippen molar-refractivity contribution in [2.24, 2.45) is 17.3 Å². The molecule has 0 radical (unpaired) electrons. The second-order valence-electron chi connectivity index (χ2n) is 7.35. The molecular weight excluding hydrogens is 366 g/mol. The van der Waals surface area contributed by atoms with Crippen LogP contribution in [0.3, 0.4) is 0 Å². The lowest BCUT2D eigenvalue weighted by molar-refractivity contribution is -0.0462. The highest BCUT2D eigenvalue weighted by molar-refractivity contribution is 6.30. The molecule has 5 nitrogen and oxygen atoms in total. The van der Waals surface area contributed by atoms with E-state index in [9.17, 15) is 9.59 Å². The van der Waals surface area contributed by atoms with E-state index in [1.807, 2.05) is 13.8 Å². The van der Waals surface area contributed by atoms with Crippen LogP contribution in [0.25, 0.3) is 0 Å². The standard InChI is InChI=1S/C21H32ClNO4/c1-7-23(8-2)20(25)27-14-21(15(3)4,16(5)6)13-26-19(24)17-9-11-18(22)12-10-17/h9-12,15-16H,7-8,13-14H2,1-6H3. The smallest absolute Gasteiger partial charge is 0.409 e. The lowest BCUT2D eigenvalue weighted by Crippen LogP contribution is -2.45. The molecule has 0 aliphatic heterocycles. The molecule has 0 saturated carbocycles. The molecule has 0 N–H and O–H groups in total. The second-order valence-corrected chi connectivity index (χ2v) is 7.79. The third-order valence-electron chi connectivity index (χ3n) is 5.34. The van der Waals surface area contributed by atoms with Crippen LogP contribution in [0.1, 0.15) is 51.9 Å². The van der Waals surface area contributed by atoms with Gasteiger partial charge in [-0.15, -0.1) is 0 Å². The molecule has 1 aromatic rings. The van der Waals surface area contributed by atoms with Crippen molar-refractivity contribution in [3.63, 3.8) is 0 Å². The van der Waals surface area contributed by atoms with Crippen molar-refractivity contribution in [2.45, 2.75) is 41.5 Å². The fourth-order valence-corrected chi connectivity index (χ4v) is 3.14. The largest absolute Gasteiger partial charge is 0.461 e. The Morgan fingerprint density at radius 1 is 0.963 bits per heavy atom. The summed E-state index contributed by atoms with van der Waals surface area (Å²) in [7, 11) is 0. The topological polar surface area (TPSA) is 55.8 Å². The Balaban J connectivity index is 2.88. The van der Waals surface area contributed by atoms with Crippen LogP contribution in [0, 0.1) is 17.3 Å². The highest BCUT2D eigenvalue weighted by Gasteiger charge is 2.40. The lowest BCUT2D eigenvalue weighted by atomic mass is 9.70. The third-order valence-corrected chi connectivity index (χ3v) is 5.59. The molecule has 0 fully saturated rings. The van der Waals surface area contributed by atoms with Gasteiger partial charge in [0.2, 0.25) is 0 Å². The predicted octanol–water partition coefficient (Wildman–Crippen LogP) is 5.27. The maximum absolute atomic E-state index is 12.4. The van der Waals surface area contributed by atoms with Crippen molar-refractivity contribution in [3.8, 4) is 0 Å². The zero-order valence-corrected chi connectivity index (χ0v) is 18.0. The average Bonchev–Trinajstić information content (AvgIpc) is 2.62. The van der Waals surface area contributed by atoms with Crippen LogP contribution in [0.15, 0.2) is 24.3 Å². The molecule has 27 heavy (non-hydrogen) atoms. The van der Waals surface area contributed by atoms with Gasteiger partial charge in [-0.1, -0.05) is 39.3 Å². The summed E-state index contributed by atoms with van der Waals surface area (Å²) >= 11 is 5.86. The van der Waals surface area contributed by atoms with Crippen LogP contribution in [0.5, 0.6) is 0 Å². The first-order valence-electron chi connectivity index (χ1n) is 9.52. The number of carbonyl (C=O) groups excluding carboxylic acids is 2. The third kappa shape index (κ3) is 6.13. The molecule has 6 heteroatoms. The van der Waals surface area contributed by atoms with Crippen LogP contribution in [-0.2, 0) is 9.47 Å².